The monoisotopic (exact) mass is 376 g/mol. The molecule has 2 rings (SSSR count). The van der Waals surface area contributed by atoms with Crippen molar-refractivity contribution in [2.75, 3.05) is 17.6 Å². The van der Waals surface area contributed by atoms with E-state index in [-0.39, 0.29) is 42.4 Å². The quantitative estimate of drug-likeness (QED) is 0.510. The van der Waals surface area contributed by atoms with Crippen LogP contribution < -0.4 is 21.3 Å². The standard InChI is InChI=1S/C18H24N4O3S/c1-3-8-19-15(23)9-14-10-16(24)22-18(21-14)26-11-17(25)20-13-6-4-12(2)5-7-13/h3-7,14,18,21H,1,8-11H2,2H3,(H,19,23)(H,20,25)(H,22,24). The topological polar surface area (TPSA) is 99.3 Å². The van der Waals surface area contributed by atoms with Gasteiger partial charge in [-0.15, -0.1) is 18.3 Å². The van der Waals surface area contributed by atoms with Gasteiger partial charge in [-0.25, -0.2) is 0 Å². The molecule has 0 aromatic heterocycles. The second-order valence-electron chi connectivity index (χ2n) is 6.04. The van der Waals surface area contributed by atoms with Gasteiger partial charge in [0.2, 0.25) is 17.7 Å². The molecular formula is C18H24N4O3S. The largest absolute Gasteiger partial charge is 0.353 e. The molecule has 1 fully saturated rings. The third-order valence-electron chi connectivity index (χ3n) is 3.70. The van der Waals surface area contributed by atoms with Crippen molar-refractivity contribution in [1.29, 1.82) is 0 Å². The Labute approximate surface area is 157 Å². The molecule has 1 saturated heterocycles. The lowest BCUT2D eigenvalue weighted by Gasteiger charge is -2.30. The number of hydrogen-bond donors (Lipinski definition) is 4. The molecule has 1 aliphatic rings. The van der Waals surface area contributed by atoms with Gasteiger partial charge < -0.3 is 16.0 Å². The first-order chi connectivity index (χ1) is 12.5. The second kappa shape index (κ2) is 9.98. The Hall–Kier alpha value is -2.32. The maximum atomic E-state index is 12.1. The highest BCUT2D eigenvalue weighted by Gasteiger charge is 2.27. The van der Waals surface area contributed by atoms with E-state index in [1.165, 1.54) is 11.8 Å². The Bertz CT molecular complexity index is 663. The Kier molecular flexibility index (Phi) is 7.68. The van der Waals surface area contributed by atoms with Crippen LogP contribution in [0.15, 0.2) is 36.9 Å². The third-order valence-corrected chi connectivity index (χ3v) is 4.72. The van der Waals surface area contributed by atoms with Crippen LogP contribution in [0.25, 0.3) is 0 Å². The molecule has 26 heavy (non-hydrogen) atoms. The van der Waals surface area contributed by atoms with Crippen LogP contribution in [0.2, 0.25) is 0 Å². The van der Waals surface area contributed by atoms with Crippen molar-refractivity contribution in [1.82, 2.24) is 16.0 Å². The SMILES string of the molecule is C=CCNC(=O)CC1CC(=O)NC(SCC(=O)Nc2ccc(C)cc2)N1. The van der Waals surface area contributed by atoms with E-state index in [2.05, 4.69) is 27.8 Å². The summed E-state index contributed by atoms with van der Waals surface area (Å²) in [6, 6.07) is 7.28. The van der Waals surface area contributed by atoms with E-state index in [0.717, 1.165) is 11.3 Å². The van der Waals surface area contributed by atoms with E-state index < -0.39 is 5.50 Å². The van der Waals surface area contributed by atoms with Crippen LogP contribution in [-0.2, 0) is 14.4 Å². The Morgan fingerprint density at radius 1 is 1.31 bits per heavy atom. The minimum absolute atomic E-state index is 0.137. The number of amides is 3. The Morgan fingerprint density at radius 2 is 2.04 bits per heavy atom. The number of benzene rings is 1. The number of carbonyl (C=O) groups is 3. The van der Waals surface area contributed by atoms with Crippen molar-refractivity contribution in [3.63, 3.8) is 0 Å². The van der Waals surface area contributed by atoms with Crippen LogP contribution in [0, 0.1) is 6.92 Å². The predicted octanol–water partition coefficient (Wildman–Crippen LogP) is 1.12. The zero-order valence-electron chi connectivity index (χ0n) is 14.7. The van der Waals surface area contributed by atoms with Crippen LogP contribution in [0.4, 0.5) is 5.69 Å². The van der Waals surface area contributed by atoms with Crippen molar-refractivity contribution in [3.05, 3.63) is 42.5 Å². The second-order valence-corrected chi connectivity index (χ2v) is 7.13. The number of thioether (sulfide) groups is 1. The van der Waals surface area contributed by atoms with Gasteiger partial charge in [-0.2, -0.15) is 0 Å². The average molecular weight is 376 g/mol. The Morgan fingerprint density at radius 3 is 2.73 bits per heavy atom. The smallest absolute Gasteiger partial charge is 0.234 e. The Balaban J connectivity index is 1.77. The minimum Gasteiger partial charge on any atom is -0.353 e. The van der Waals surface area contributed by atoms with Gasteiger partial charge in [-0.1, -0.05) is 23.8 Å². The maximum Gasteiger partial charge on any atom is 0.234 e. The molecule has 140 valence electrons. The highest BCUT2D eigenvalue weighted by Crippen LogP contribution is 2.15. The fraction of sp³-hybridized carbons (Fsp3) is 0.389. The molecule has 2 atom stereocenters. The predicted molar refractivity (Wildman–Crippen MR) is 104 cm³/mol. The first kappa shape index (κ1) is 20.0. The molecule has 0 bridgehead atoms. The summed E-state index contributed by atoms with van der Waals surface area (Å²) in [5, 5.41) is 11.5. The van der Waals surface area contributed by atoms with Gasteiger partial charge in [0.15, 0.2) is 0 Å². The fourth-order valence-electron chi connectivity index (χ4n) is 2.44. The van der Waals surface area contributed by atoms with Gasteiger partial charge in [0.25, 0.3) is 0 Å². The molecule has 1 heterocycles. The molecule has 8 heteroatoms. The summed E-state index contributed by atoms with van der Waals surface area (Å²) in [7, 11) is 0. The van der Waals surface area contributed by atoms with Gasteiger partial charge in [0.05, 0.1) is 5.75 Å². The van der Waals surface area contributed by atoms with E-state index in [0.29, 0.717) is 6.54 Å². The lowest BCUT2D eigenvalue weighted by atomic mass is 10.1. The van der Waals surface area contributed by atoms with E-state index in [1.54, 1.807) is 6.08 Å². The maximum absolute atomic E-state index is 12.1. The zero-order chi connectivity index (χ0) is 18.9. The van der Waals surface area contributed by atoms with Crippen molar-refractivity contribution >= 4 is 35.2 Å². The van der Waals surface area contributed by atoms with Gasteiger partial charge in [-0.05, 0) is 19.1 Å². The van der Waals surface area contributed by atoms with Crippen LogP contribution in [-0.4, -0.2) is 41.6 Å². The molecule has 4 N–H and O–H groups in total. The molecule has 7 nitrogen and oxygen atoms in total. The average Bonchev–Trinajstić information content (AvgIpc) is 2.60. The number of rotatable bonds is 8. The molecule has 2 unspecified atom stereocenters. The normalized spacial score (nSPS) is 19.3. The first-order valence-electron chi connectivity index (χ1n) is 8.37. The highest BCUT2D eigenvalue weighted by molar-refractivity contribution is 8.00. The van der Waals surface area contributed by atoms with Gasteiger partial charge in [0.1, 0.15) is 5.50 Å². The van der Waals surface area contributed by atoms with Crippen LogP contribution in [0.1, 0.15) is 18.4 Å². The van der Waals surface area contributed by atoms with Crippen molar-refractivity contribution in [3.8, 4) is 0 Å². The third kappa shape index (κ3) is 6.89. The number of carbonyl (C=O) groups excluding carboxylic acids is 3. The molecule has 1 aliphatic heterocycles. The minimum atomic E-state index is -0.405. The zero-order valence-corrected chi connectivity index (χ0v) is 15.5. The molecule has 0 radical (unpaired) electrons. The van der Waals surface area contributed by atoms with E-state index in [9.17, 15) is 14.4 Å². The number of aryl methyl sites for hydroxylation is 1. The summed E-state index contributed by atoms with van der Waals surface area (Å²) in [5.41, 5.74) is 1.45. The summed E-state index contributed by atoms with van der Waals surface area (Å²) in [4.78, 5) is 35.7. The summed E-state index contributed by atoms with van der Waals surface area (Å²) in [5.74, 6) is -0.248. The fourth-order valence-corrected chi connectivity index (χ4v) is 3.33. The summed E-state index contributed by atoms with van der Waals surface area (Å²) in [6.07, 6.45) is 2.03. The van der Waals surface area contributed by atoms with Crippen molar-refractivity contribution < 1.29 is 14.4 Å². The molecule has 0 saturated carbocycles. The van der Waals surface area contributed by atoms with E-state index >= 15 is 0 Å². The van der Waals surface area contributed by atoms with Crippen molar-refractivity contribution in [2.45, 2.75) is 31.3 Å². The van der Waals surface area contributed by atoms with Crippen LogP contribution in [0.5, 0.6) is 0 Å². The lowest BCUT2D eigenvalue weighted by Crippen LogP contribution is -2.56. The summed E-state index contributed by atoms with van der Waals surface area (Å²) >= 11 is 1.28. The summed E-state index contributed by atoms with van der Waals surface area (Å²) in [6.45, 7) is 5.92. The van der Waals surface area contributed by atoms with E-state index in [1.807, 2.05) is 31.2 Å². The van der Waals surface area contributed by atoms with E-state index in [4.69, 9.17) is 0 Å². The highest BCUT2D eigenvalue weighted by atomic mass is 32.2. The number of nitrogens with one attached hydrogen (secondary N) is 4. The van der Waals surface area contributed by atoms with Crippen molar-refractivity contribution in [2.24, 2.45) is 0 Å². The molecule has 0 aliphatic carbocycles. The number of anilines is 1. The molecule has 1 aromatic rings. The van der Waals surface area contributed by atoms with Gasteiger partial charge >= 0.3 is 0 Å². The lowest BCUT2D eigenvalue weighted by molar-refractivity contribution is -0.125. The molecular weight excluding hydrogens is 352 g/mol. The molecule has 0 spiro atoms. The summed E-state index contributed by atoms with van der Waals surface area (Å²) < 4.78 is 0. The van der Waals surface area contributed by atoms with Gasteiger partial charge in [-0.3, -0.25) is 19.7 Å². The first-order valence-corrected chi connectivity index (χ1v) is 9.42. The van der Waals surface area contributed by atoms with Gasteiger partial charge in [0, 0.05) is 31.1 Å². The van der Waals surface area contributed by atoms with Crippen LogP contribution in [0.3, 0.4) is 0 Å². The molecule has 3 amide bonds. The van der Waals surface area contributed by atoms with Crippen LogP contribution >= 0.6 is 11.8 Å². The number of hydrogen-bond acceptors (Lipinski definition) is 5. The molecule has 1 aromatic carbocycles.